The van der Waals surface area contributed by atoms with E-state index in [-0.39, 0.29) is 10.8 Å². The number of sulfonamides is 1. The van der Waals surface area contributed by atoms with Gasteiger partial charge in [-0.05, 0) is 43.3 Å². The average molecular weight is 378 g/mol. The Morgan fingerprint density at radius 2 is 1.73 bits per heavy atom. The Hall–Kier alpha value is -2.58. The molecule has 0 unspecified atom stereocenters. The number of carbonyl (C=O) groups excluding carboxylic acids is 1. The van der Waals surface area contributed by atoms with Crippen molar-refractivity contribution in [2.45, 2.75) is 18.7 Å². The lowest BCUT2D eigenvalue weighted by Gasteiger charge is -2.12. The fourth-order valence-electron chi connectivity index (χ4n) is 2.28. The minimum atomic E-state index is -3.54. The molecule has 0 saturated heterocycles. The third kappa shape index (κ3) is 4.74. The summed E-state index contributed by atoms with van der Waals surface area (Å²) in [5.74, 6) is 0.742. The van der Waals surface area contributed by atoms with Crippen molar-refractivity contribution in [3.8, 4) is 11.5 Å². The van der Waals surface area contributed by atoms with Crippen LogP contribution < -0.4 is 19.5 Å². The molecule has 0 fully saturated rings. The molecule has 2 N–H and O–H groups in total. The lowest BCUT2D eigenvalue weighted by molar-refractivity contribution is 0.102. The Balaban J connectivity index is 2.15. The first-order valence-corrected chi connectivity index (χ1v) is 9.61. The lowest BCUT2D eigenvalue weighted by Crippen LogP contribution is -2.23. The summed E-state index contributed by atoms with van der Waals surface area (Å²) in [5.41, 5.74) is 0.882. The number of anilines is 1. The Morgan fingerprint density at radius 1 is 1.04 bits per heavy atom. The van der Waals surface area contributed by atoms with E-state index in [4.69, 9.17) is 9.47 Å². The standard InChI is InChI=1S/C18H22N2O5S/c1-4-19-26(22,23)15-9-6-13(7-10-15)18(21)20-14-8-11-16(25-5-2)17(12-14)24-3/h6-12,19H,4-5H2,1-3H3,(H,20,21). The van der Waals surface area contributed by atoms with Gasteiger partial charge < -0.3 is 14.8 Å². The maximum Gasteiger partial charge on any atom is 0.255 e. The van der Waals surface area contributed by atoms with Gasteiger partial charge in [0.05, 0.1) is 18.6 Å². The monoisotopic (exact) mass is 378 g/mol. The molecule has 0 aliphatic carbocycles. The van der Waals surface area contributed by atoms with Crippen LogP contribution >= 0.6 is 0 Å². The van der Waals surface area contributed by atoms with Crippen LogP contribution in [0.4, 0.5) is 5.69 Å². The van der Waals surface area contributed by atoms with Crippen LogP contribution in [0, 0.1) is 0 Å². The van der Waals surface area contributed by atoms with Crippen molar-refractivity contribution in [3.05, 3.63) is 48.0 Å². The summed E-state index contributed by atoms with van der Waals surface area (Å²) >= 11 is 0. The van der Waals surface area contributed by atoms with E-state index in [0.29, 0.717) is 35.9 Å². The minimum Gasteiger partial charge on any atom is -0.493 e. The molecular weight excluding hydrogens is 356 g/mol. The first kappa shape index (κ1) is 19.7. The van der Waals surface area contributed by atoms with E-state index >= 15 is 0 Å². The summed E-state index contributed by atoms with van der Waals surface area (Å²) in [7, 11) is -2.02. The third-order valence-corrected chi connectivity index (χ3v) is 5.04. The van der Waals surface area contributed by atoms with Crippen molar-refractivity contribution in [2.24, 2.45) is 0 Å². The minimum absolute atomic E-state index is 0.110. The van der Waals surface area contributed by atoms with Crippen LogP contribution in [0.5, 0.6) is 11.5 Å². The van der Waals surface area contributed by atoms with Crippen LogP contribution in [0.3, 0.4) is 0 Å². The van der Waals surface area contributed by atoms with Crippen LogP contribution in [0.2, 0.25) is 0 Å². The second kappa shape index (κ2) is 8.68. The lowest BCUT2D eigenvalue weighted by atomic mass is 10.2. The van der Waals surface area contributed by atoms with E-state index in [0.717, 1.165) is 0 Å². The number of hydrogen-bond donors (Lipinski definition) is 2. The second-order valence-electron chi connectivity index (χ2n) is 5.28. The van der Waals surface area contributed by atoms with Crippen molar-refractivity contribution >= 4 is 21.6 Å². The number of nitrogens with one attached hydrogen (secondary N) is 2. The Kier molecular flexibility index (Phi) is 6.59. The highest BCUT2D eigenvalue weighted by Gasteiger charge is 2.14. The van der Waals surface area contributed by atoms with Gasteiger partial charge in [0.1, 0.15) is 0 Å². The van der Waals surface area contributed by atoms with Gasteiger partial charge in [0, 0.05) is 23.9 Å². The summed E-state index contributed by atoms with van der Waals surface area (Å²) in [6, 6.07) is 10.8. The van der Waals surface area contributed by atoms with E-state index in [1.165, 1.54) is 31.4 Å². The van der Waals surface area contributed by atoms with Gasteiger partial charge in [-0.25, -0.2) is 13.1 Å². The molecule has 2 rings (SSSR count). The number of rotatable bonds is 8. The van der Waals surface area contributed by atoms with E-state index in [2.05, 4.69) is 10.0 Å². The first-order valence-electron chi connectivity index (χ1n) is 8.13. The highest BCUT2D eigenvalue weighted by Crippen LogP contribution is 2.30. The quantitative estimate of drug-likeness (QED) is 0.736. The SMILES string of the molecule is CCNS(=O)(=O)c1ccc(C(=O)Nc2ccc(OCC)c(OC)c2)cc1. The molecular formula is C18H22N2O5S. The van der Waals surface area contributed by atoms with Crippen molar-refractivity contribution < 1.29 is 22.7 Å². The largest absolute Gasteiger partial charge is 0.493 e. The molecule has 0 bridgehead atoms. The number of hydrogen-bond acceptors (Lipinski definition) is 5. The fraction of sp³-hybridized carbons (Fsp3) is 0.278. The van der Waals surface area contributed by atoms with Gasteiger partial charge in [-0.1, -0.05) is 6.92 Å². The molecule has 1 amide bonds. The summed E-state index contributed by atoms with van der Waals surface area (Å²) in [6.07, 6.45) is 0. The molecule has 8 heteroatoms. The van der Waals surface area contributed by atoms with Gasteiger partial charge in [-0.3, -0.25) is 4.79 Å². The fourth-order valence-corrected chi connectivity index (χ4v) is 3.32. The van der Waals surface area contributed by atoms with Crippen molar-refractivity contribution in [2.75, 3.05) is 25.6 Å². The predicted molar refractivity (Wildman–Crippen MR) is 99.4 cm³/mol. The summed E-state index contributed by atoms with van der Waals surface area (Å²) in [6.45, 7) is 4.37. The van der Waals surface area contributed by atoms with Crippen LogP contribution in [-0.4, -0.2) is 34.6 Å². The molecule has 140 valence electrons. The molecule has 0 aliphatic rings. The number of ether oxygens (including phenoxy) is 2. The molecule has 2 aromatic carbocycles. The summed E-state index contributed by atoms with van der Waals surface area (Å²) < 4.78 is 36.9. The molecule has 0 heterocycles. The van der Waals surface area contributed by atoms with Crippen LogP contribution in [0.15, 0.2) is 47.4 Å². The Morgan fingerprint density at radius 3 is 2.31 bits per heavy atom. The molecule has 0 spiro atoms. The normalized spacial score (nSPS) is 11.0. The van der Waals surface area contributed by atoms with Crippen LogP contribution in [-0.2, 0) is 10.0 Å². The highest BCUT2D eigenvalue weighted by molar-refractivity contribution is 7.89. The van der Waals surface area contributed by atoms with Gasteiger partial charge in [0.15, 0.2) is 11.5 Å². The molecule has 0 radical (unpaired) electrons. The number of carbonyl (C=O) groups is 1. The van der Waals surface area contributed by atoms with Crippen molar-refractivity contribution in [1.82, 2.24) is 4.72 Å². The molecule has 0 saturated carbocycles. The van der Waals surface area contributed by atoms with Gasteiger partial charge in [0.25, 0.3) is 5.91 Å². The molecule has 0 aromatic heterocycles. The van der Waals surface area contributed by atoms with Crippen molar-refractivity contribution in [1.29, 1.82) is 0 Å². The van der Waals surface area contributed by atoms with E-state index in [1.807, 2.05) is 6.92 Å². The molecule has 7 nitrogen and oxygen atoms in total. The topological polar surface area (TPSA) is 93.7 Å². The van der Waals surface area contributed by atoms with E-state index < -0.39 is 10.0 Å². The smallest absolute Gasteiger partial charge is 0.255 e. The molecule has 2 aromatic rings. The number of benzene rings is 2. The van der Waals surface area contributed by atoms with Gasteiger partial charge in [-0.15, -0.1) is 0 Å². The van der Waals surface area contributed by atoms with E-state index in [1.54, 1.807) is 25.1 Å². The zero-order valence-electron chi connectivity index (χ0n) is 14.9. The van der Waals surface area contributed by atoms with Gasteiger partial charge in [-0.2, -0.15) is 0 Å². The predicted octanol–water partition coefficient (Wildman–Crippen LogP) is 2.64. The Bertz CT molecular complexity index is 864. The maximum absolute atomic E-state index is 12.4. The average Bonchev–Trinajstić information content (AvgIpc) is 2.63. The van der Waals surface area contributed by atoms with Crippen LogP contribution in [0.25, 0.3) is 0 Å². The summed E-state index contributed by atoms with van der Waals surface area (Å²) in [5, 5.41) is 2.75. The van der Waals surface area contributed by atoms with Gasteiger partial charge in [0.2, 0.25) is 10.0 Å². The molecule has 26 heavy (non-hydrogen) atoms. The zero-order chi connectivity index (χ0) is 19.2. The highest BCUT2D eigenvalue weighted by atomic mass is 32.2. The summed E-state index contributed by atoms with van der Waals surface area (Å²) in [4.78, 5) is 12.5. The maximum atomic E-state index is 12.4. The second-order valence-corrected chi connectivity index (χ2v) is 7.05. The van der Waals surface area contributed by atoms with Crippen molar-refractivity contribution in [3.63, 3.8) is 0 Å². The first-order chi connectivity index (χ1) is 12.4. The van der Waals surface area contributed by atoms with E-state index in [9.17, 15) is 13.2 Å². The Labute approximate surface area is 153 Å². The number of methoxy groups -OCH3 is 1. The van der Waals surface area contributed by atoms with Gasteiger partial charge >= 0.3 is 0 Å². The molecule has 0 aliphatic heterocycles. The third-order valence-electron chi connectivity index (χ3n) is 3.48. The zero-order valence-corrected chi connectivity index (χ0v) is 15.7. The number of amides is 1. The molecule has 0 atom stereocenters. The van der Waals surface area contributed by atoms with Crippen LogP contribution in [0.1, 0.15) is 24.2 Å².